The van der Waals surface area contributed by atoms with E-state index in [1.54, 1.807) is 20.8 Å². The summed E-state index contributed by atoms with van der Waals surface area (Å²) in [5.74, 6) is -0.927. The van der Waals surface area contributed by atoms with E-state index in [0.717, 1.165) is 0 Å². The molecule has 0 radical (unpaired) electrons. The van der Waals surface area contributed by atoms with Crippen LogP contribution in [-0.2, 0) is 9.53 Å². The second-order valence-electron chi connectivity index (χ2n) is 4.87. The van der Waals surface area contributed by atoms with Gasteiger partial charge in [0.15, 0.2) is 0 Å². The van der Waals surface area contributed by atoms with Crippen LogP contribution in [0.1, 0.15) is 33.6 Å². The van der Waals surface area contributed by atoms with Crippen molar-refractivity contribution in [2.24, 2.45) is 11.7 Å². The van der Waals surface area contributed by atoms with Gasteiger partial charge in [-0.2, -0.15) is 0 Å². The highest BCUT2D eigenvalue weighted by Gasteiger charge is 2.40. The van der Waals surface area contributed by atoms with Crippen LogP contribution in [0.3, 0.4) is 0 Å². The minimum Gasteiger partial charge on any atom is -0.460 e. The highest BCUT2D eigenvalue weighted by molar-refractivity contribution is 5.74. The Bertz CT molecular complexity index is 212. The molecule has 0 heterocycles. The first-order valence-corrected chi connectivity index (χ1v) is 4.98. The molecule has 0 spiro atoms. The van der Waals surface area contributed by atoms with Gasteiger partial charge in [0.25, 0.3) is 0 Å². The van der Waals surface area contributed by atoms with Gasteiger partial charge in [-0.05, 0) is 33.6 Å². The van der Waals surface area contributed by atoms with Gasteiger partial charge in [0.1, 0.15) is 5.60 Å². The quantitative estimate of drug-likeness (QED) is 0.603. The highest BCUT2D eigenvalue weighted by Crippen LogP contribution is 2.27. The predicted octanol–water partition coefficient (Wildman–Crippen LogP) is 0.426. The largest absolute Gasteiger partial charge is 0.460 e. The second-order valence-corrected chi connectivity index (χ2v) is 4.87. The number of aliphatic hydroxyl groups excluding tert-OH is 1. The molecule has 0 aromatic heterocycles. The number of rotatable bonds is 1. The lowest BCUT2D eigenvalue weighted by atomic mass is 10.0. The molecule has 14 heavy (non-hydrogen) atoms. The maximum Gasteiger partial charge on any atom is 0.313 e. The zero-order valence-electron chi connectivity index (χ0n) is 8.99. The monoisotopic (exact) mass is 201 g/mol. The van der Waals surface area contributed by atoms with E-state index in [1.165, 1.54) is 0 Å². The Morgan fingerprint density at radius 2 is 2.00 bits per heavy atom. The molecular weight excluding hydrogens is 182 g/mol. The van der Waals surface area contributed by atoms with Gasteiger partial charge in [0.05, 0.1) is 12.0 Å². The Labute approximate surface area is 84.4 Å². The molecule has 3 atom stereocenters. The first-order valence-electron chi connectivity index (χ1n) is 4.98. The molecule has 0 saturated heterocycles. The molecule has 1 fully saturated rings. The number of nitrogens with two attached hydrogens (primary N) is 1. The molecule has 0 aliphatic heterocycles. The fraction of sp³-hybridized carbons (Fsp3) is 0.900. The zero-order chi connectivity index (χ0) is 10.9. The molecule has 0 bridgehead atoms. The van der Waals surface area contributed by atoms with E-state index < -0.39 is 17.6 Å². The molecule has 0 aromatic rings. The number of aliphatic hydroxyl groups is 1. The number of esters is 1. The molecule has 0 amide bonds. The third-order valence-corrected chi connectivity index (χ3v) is 2.35. The number of carbonyl (C=O) groups is 1. The van der Waals surface area contributed by atoms with Crippen molar-refractivity contribution in [2.75, 3.05) is 0 Å². The van der Waals surface area contributed by atoms with Crippen molar-refractivity contribution in [1.82, 2.24) is 0 Å². The fourth-order valence-electron chi connectivity index (χ4n) is 1.71. The van der Waals surface area contributed by atoms with Gasteiger partial charge in [0, 0.05) is 6.04 Å². The standard InChI is InChI=1S/C10H19NO3/c1-10(2,3)14-9(13)8-6(11)4-5-7(8)12/h6-8,12H,4-5,11H2,1-3H3/t6-,7-,8+/m0/s1. The Balaban J connectivity index is 2.60. The van der Waals surface area contributed by atoms with Crippen molar-refractivity contribution in [3.05, 3.63) is 0 Å². The Morgan fingerprint density at radius 1 is 1.43 bits per heavy atom. The van der Waals surface area contributed by atoms with Gasteiger partial charge in [-0.15, -0.1) is 0 Å². The first kappa shape index (κ1) is 11.5. The summed E-state index contributed by atoms with van der Waals surface area (Å²) in [5, 5.41) is 9.55. The van der Waals surface area contributed by atoms with Crippen LogP contribution in [0.25, 0.3) is 0 Å². The molecule has 1 saturated carbocycles. The zero-order valence-corrected chi connectivity index (χ0v) is 8.99. The van der Waals surface area contributed by atoms with Crippen LogP contribution in [0, 0.1) is 5.92 Å². The average molecular weight is 201 g/mol. The predicted molar refractivity (Wildman–Crippen MR) is 52.6 cm³/mol. The van der Waals surface area contributed by atoms with E-state index in [9.17, 15) is 9.90 Å². The summed E-state index contributed by atoms with van der Waals surface area (Å²) in [6, 6.07) is -0.264. The minimum absolute atomic E-state index is 0.264. The van der Waals surface area contributed by atoms with Crippen LogP contribution in [0.5, 0.6) is 0 Å². The second kappa shape index (κ2) is 3.87. The third-order valence-electron chi connectivity index (χ3n) is 2.35. The summed E-state index contributed by atoms with van der Waals surface area (Å²) in [4.78, 5) is 11.6. The van der Waals surface area contributed by atoms with Crippen LogP contribution in [-0.4, -0.2) is 28.8 Å². The van der Waals surface area contributed by atoms with Gasteiger partial charge >= 0.3 is 5.97 Å². The number of hydrogen-bond donors (Lipinski definition) is 2. The third kappa shape index (κ3) is 2.69. The van der Waals surface area contributed by atoms with E-state index in [2.05, 4.69) is 0 Å². The van der Waals surface area contributed by atoms with Crippen molar-refractivity contribution in [3.8, 4) is 0 Å². The van der Waals surface area contributed by atoms with Gasteiger partial charge in [-0.1, -0.05) is 0 Å². The molecule has 1 aliphatic rings. The lowest BCUT2D eigenvalue weighted by molar-refractivity contribution is -0.163. The van der Waals surface area contributed by atoms with E-state index >= 15 is 0 Å². The minimum atomic E-state index is -0.639. The topological polar surface area (TPSA) is 72.5 Å². The van der Waals surface area contributed by atoms with E-state index in [-0.39, 0.29) is 12.0 Å². The van der Waals surface area contributed by atoms with Gasteiger partial charge in [0.2, 0.25) is 0 Å². The molecule has 1 aliphatic carbocycles. The van der Waals surface area contributed by atoms with Crippen LogP contribution < -0.4 is 5.73 Å². The molecule has 4 nitrogen and oxygen atoms in total. The van der Waals surface area contributed by atoms with Crippen LogP contribution in [0.15, 0.2) is 0 Å². The molecule has 1 rings (SSSR count). The summed E-state index contributed by atoms with van der Waals surface area (Å²) >= 11 is 0. The normalized spacial score (nSPS) is 33.1. The molecule has 0 aromatic carbocycles. The van der Waals surface area contributed by atoms with Gasteiger partial charge < -0.3 is 15.6 Å². The maximum atomic E-state index is 11.6. The number of ether oxygens (including phenoxy) is 1. The summed E-state index contributed by atoms with van der Waals surface area (Å²) in [5.41, 5.74) is 5.21. The highest BCUT2D eigenvalue weighted by atomic mass is 16.6. The number of carbonyl (C=O) groups excluding carboxylic acids is 1. The molecule has 82 valence electrons. The average Bonchev–Trinajstić information content (AvgIpc) is 2.27. The van der Waals surface area contributed by atoms with Crippen molar-refractivity contribution < 1.29 is 14.6 Å². The van der Waals surface area contributed by atoms with Crippen molar-refractivity contribution >= 4 is 5.97 Å². The number of hydrogen-bond acceptors (Lipinski definition) is 4. The fourth-order valence-corrected chi connectivity index (χ4v) is 1.71. The lowest BCUT2D eigenvalue weighted by Crippen LogP contribution is -2.40. The van der Waals surface area contributed by atoms with E-state index in [4.69, 9.17) is 10.5 Å². The molecule has 4 heteroatoms. The molecular formula is C10H19NO3. The SMILES string of the molecule is CC(C)(C)OC(=O)[C@@H]1[C@@H](N)CC[C@@H]1O. The van der Waals surface area contributed by atoms with E-state index in [0.29, 0.717) is 12.8 Å². The maximum absolute atomic E-state index is 11.6. The van der Waals surface area contributed by atoms with Gasteiger partial charge in [-0.3, -0.25) is 4.79 Å². The van der Waals surface area contributed by atoms with Crippen molar-refractivity contribution in [2.45, 2.75) is 51.4 Å². The van der Waals surface area contributed by atoms with Crippen LogP contribution >= 0.6 is 0 Å². The smallest absolute Gasteiger partial charge is 0.313 e. The summed E-state index contributed by atoms with van der Waals surface area (Å²) in [6.45, 7) is 5.41. The summed E-state index contributed by atoms with van der Waals surface area (Å²) in [7, 11) is 0. The van der Waals surface area contributed by atoms with Crippen molar-refractivity contribution in [1.29, 1.82) is 0 Å². The lowest BCUT2D eigenvalue weighted by Gasteiger charge is -2.24. The Morgan fingerprint density at radius 3 is 2.36 bits per heavy atom. The van der Waals surface area contributed by atoms with Crippen LogP contribution in [0.2, 0.25) is 0 Å². The first-order chi connectivity index (χ1) is 6.31. The Hall–Kier alpha value is -0.610. The summed E-state index contributed by atoms with van der Waals surface area (Å²) < 4.78 is 5.18. The van der Waals surface area contributed by atoms with E-state index in [1.807, 2.05) is 0 Å². The molecule has 3 N–H and O–H groups in total. The summed E-state index contributed by atoms with van der Waals surface area (Å²) in [6.07, 6.45) is 0.635. The van der Waals surface area contributed by atoms with Gasteiger partial charge in [-0.25, -0.2) is 0 Å². The Kier molecular flexibility index (Phi) is 3.17. The van der Waals surface area contributed by atoms with Crippen molar-refractivity contribution in [3.63, 3.8) is 0 Å². The molecule has 0 unspecified atom stereocenters. The van der Waals surface area contributed by atoms with Crippen LogP contribution in [0.4, 0.5) is 0 Å².